The molecule has 0 amide bonds. The predicted octanol–water partition coefficient (Wildman–Crippen LogP) is 3.19. The van der Waals surface area contributed by atoms with Gasteiger partial charge in [0.2, 0.25) is 0 Å². The van der Waals surface area contributed by atoms with Crippen molar-refractivity contribution in [1.29, 1.82) is 0 Å². The summed E-state index contributed by atoms with van der Waals surface area (Å²) in [6.45, 7) is 5.02. The highest BCUT2D eigenvalue weighted by atomic mass is 32.1. The van der Waals surface area contributed by atoms with Gasteiger partial charge in [-0.05, 0) is 25.0 Å². The van der Waals surface area contributed by atoms with E-state index in [0.717, 1.165) is 23.3 Å². The van der Waals surface area contributed by atoms with E-state index in [4.69, 9.17) is 0 Å². The number of aryl methyl sites for hydroxylation is 2. The number of imidazole rings is 1. The van der Waals surface area contributed by atoms with E-state index < -0.39 is 11.2 Å². The molecule has 0 aliphatic rings. The van der Waals surface area contributed by atoms with E-state index in [0.29, 0.717) is 40.3 Å². The van der Waals surface area contributed by atoms with Crippen molar-refractivity contribution in [2.75, 3.05) is 0 Å². The summed E-state index contributed by atoms with van der Waals surface area (Å²) in [5, 5.41) is 0. The number of hydrogen-bond donors (Lipinski definition) is 1. The van der Waals surface area contributed by atoms with Gasteiger partial charge in [0.15, 0.2) is 11.2 Å². The Hall–Kier alpha value is -3.79. The number of aromatic amines is 1. The summed E-state index contributed by atoms with van der Waals surface area (Å²) in [7, 11) is 0. The standard InChI is InChI=1S/C24H24N6O3S/c1-3-5-11-30-21-19(22(31)27-24(30)33)29(4-2)18(26-21)13-28-14-25-16-12-17(34-20(16)23(28)32)15-9-7-6-8-10-15/h6-10,12,14H,3-5,11,13H2,1-2H3,(H,27,31,33). The van der Waals surface area contributed by atoms with Crippen LogP contribution in [0.3, 0.4) is 0 Å². The highest BCUT2D eigenvalue weighted by molar-refractivity contribution is 7.22. The number of thiophene rings is 1. The molecule has 4 aromatic heterocycles. The molecule has 9 nitrogen and oxygen atoms in total. The van der Waals surface area contributed by atoms with Crippen LogP contribution < -0.4 is 16.8 Å². The second-order valence-corrected chi connectivity index (χ2v) is 9.13. The molecule has 0 saturated carbocycles. The Morgan fingerprint density at radius 3 is 2.59 bits per heavy atom. The minimum atomic E-state index is -0.472. The van der Waals surface area contributed by atoms with Gasteiger partial charge in [-0.25, -0.2) is 14.8 Å². The molecule has 0 radical (unpaired) electrons. The third-order valence-electron chi connectivity index (χ3n) is 5.89. The zero-order valence-corrected chi connectivity index (χ0v) is 19.8. The van der Waals surface area contributed by atoms with Crippen molar-refractivity contribution in [1.82, 2.24) is 28.7 Å². The zero-order valence-electron chi connectivity index (χ0n) is 18.9. The van der Waals surface area contributed by atoms with Crippen molar-refractivity contribution < 1.29 is 0 Å². The van der Waals surface area contributed by atoms with E-state index in [2.05, 4.69) is 15.0 Å². The Kier molecular flexibility index (Phi) is 5.74. The smallest absolute Gasteiger partial charge is 0.321 e. The maximum atomic E-state index is 13.3. The number of hydrogen-bond acceptors (Lipinski definition) is 6. The quantitative estimate of drug-likeness (QED) is 0.388. The average molecular weight is 477 g/mol. The summed E-state index contributed by atoms with van der Waals surface area (Å²) >= 11 is 1.41. The molecule has 0 aliphatic heterocycles. The summed E-state index contributed by atoms with van der Waals surface area (Å²) in [5.41, 5.74) is 1.28. The molecule has 10 heteroatoms. The number of nitrogens with zero attached hydrogens (tertiary/aromatic N) is 5. The molecule has 34 heavy (non-hydrogen) atoms. The maximum absolute atomic E-state index is 13.3. The number of unbranched alkanes of at least 4 members (excludes halogenated alkanes) is 1. The van der Waals surface area contributed by atoms with Gasteiger partial charge in [0.1, 0.15) is 10.5 Å². The van der Waals surface area contributed by atoms with Crippen molar-refractivity contribution in [2.45, 2.75) is 46.3 Å². The number of nitrogens with one attached hydrogen (secondary N) is 1. The van der Waals surface area contributed by atoms with E-state index in [9.17, 15) is 14.4 Å². The van der Waals surface area contributed by atoms with Gasteiger partial charge in [0.25, 0.3) is 11.1 Å². The number of H-pyrrole nitrogens is 1. The summed E-state index contributed by atoms with van der Waals surface area (Å²) in [6, 6.07) is 11.8. The molecule has 1 aromatic carbocycles. The Morgan fingerprint density at radius 1 is 1.06 bits per heavy atom. The van der Waals surface area contributed by atoms with E-state index >= 15 is 0 Å². The maximum Gasteiger partial charge on any atom is 0.330 e. The lowest BCUT2D eigenvalue weighted by molar-refractivity contribution is 0.612. The van der Waals surface area contributed by atoms with E-state index in [1.54, 1.807) is 4.57 Å². The predicted molar refractivity (Wildman–Crippen MR) is 134 cm³/mol. The molecule has 0 aliphatic carbocycles. The molecule has 174 valence electrons. The normalized spacial score (nSPS) is 11.6. The summed E-state index contributed by atoms with van der Waals surface area (Å²) in [6.07, 6.45) is 3.21. The fourth-order valence-electron chi connectivity index (χ4n) is 4.16. The van der Waals surface area contributed by atoms with Crippen molar-refractivity contribution in [3.8, 4) is 10.4 Å². The van der Waals surface area contributed by atoms with Crippen LogP contribution in [0.1, 0.15) is 32.5 Å². The van der Waals surface area contributed by atoms with Crippen LogP contribution in [0, 0.1) is 0 Å². The van der Waals surface area contributed by atoms with Crippen molar-refractivity contribution in [3.63, 3.8) is 0 Å². The lowest BCUT2D eigenvalue weighted by Crippen LogP contribution is -2.31. The Bertz CT molecular complexity index is 1670. The minimum absolute atomic E-state index is 0.143. The fraction of sp³-hybridized carbons (Fsp3) is 0.292. The first kappa shape index (κ1) is 22.0. The zero-order chi connectivity index (χ0) is 23.8. The number of fused-ring (bicyclic) bond motifs is 2. The van der Waals surface area contributed by atoms with Gasteiger partial charge >= 0.3 is 5.69 Å². The van der Waals surface area contributed by atoms with Gasteiger partial charge in [-0.2, -0.15) is 0 Å². The minimum Gasteiger partial charge on any atom is -0.321 e. The van der Waals surface area contributed by atoms with Gasteiger partial charge < -0.3 is 4.57 Å². The second-order valence-electron chi connectivity index (χ2n) is 8.08. The van der Waals surface area contributed by atoms with Gasteiger partial charge in [-0.1, -0.05) is 43.7 Å². The largest absolute Gasteiger partial charge is 0.330 e. The Morgan fingerprint density at radius 2 is 1.85 bits per heavy atom. The molecule has 0 unspecified atom stereocenters. The molecule has 0 bridgehead atoms. The second kappa shape index (κ2) is 8.86. The molecule has 1 N–H and O–H groups in total. The Labute approximate surface area is 198 Å². The summed E-state index contributed by atoms with van der Waals surface area (Å²) in [4.78, 5) is 50.9. The van der Waals surface area contributed by atoms with Crippen LogP contribution in [0.5, 0.6) is 0 Å². The fourth-order valence-corrected chi connectivity index (χ4v) is 5.22. The molecule has 0 fully saturated rings. The molecule has 5 aromatic rings. The van der Waals surface area contributed by atoms with Crippen LogP contribution >= 0.6 is 11.3 Å². The molecule has 0 atom stereocenters. The van der Waals surface area contributed by atoms with Crippen molar-refractivity contribution >= 4 is 32.7 Å². The first-order valence-corrected chi connectivity index (χ1v) is 12.1. The van der Waals surface area contributed by atoms with Gasteiger partial charge in [-0.3, -0.25) is 23.7 Å². The lowest BCUT2D eigenvalue weighted by Gasteiger charge is -2.07. The monoisotopic (exact) mass is 476 g/mol. The van der Waals surface area contributed by atoms with Crippen LogP contribution in [0.15, 0.2) is 57.1 Å². The van der Waals surface area contributed by atoms with Crippen LogP contribution in [0.4, 0.5) is 0 Å². The third kappa shape index (κ3) is 3.69. The average Bonchev–Trinajstić information content (AvgIpc) is 3.44. The lowest BCUT2D eigenvalue weighted by atomic mass is 10.2. The van der Waals surface area contributed by atoms with Crippen LogP contribution in [0.25, 0.3) is 31.8 Å². The number of aromatic nitrogens is 6. The van der Waals surface area contributed by atoms with Gasteiger partial charge in [-0.15, -0.1) is 11.3 Å². The molecule has 0 saturated heterocycles. The molecule has 0 spiro atoms. The highest BCUT2D eigenvalue weighted by Gasteiger charge is 2.19. The third-order valence-corrected chi connectivity index (χ3v) is 7.05. The van der Waals surface area contributed by atoms with Crippen LogP contribution in [-0.2, 0) is 19.6 Å². The topological polar surface area (TPSA) is 108 Å². The van der Waals surface area contributed by atoms with E-state index in [1.807, 2.05) is 50.2 Å². The van der Waals surface area contributed by atoms with Crippen LogP contribution in [0.2, 0.25) is 0 Å². The van der Waals surface area contributed by atoms with E-state index in [1.165, 1.54) is 26.8 Å². The number of benzene rings is 1. The van der Waals surface area contributed by atoms with E-state index in [-0.39, 0.29) is 12.1 Å². The van der Waals surface area contributed by atoms with Crippen LogP contribution in [-0.4, -0.2) is 28.7 Å². The van der Waals surface area contributed by atoms with Crippen molar-refractivity contribution in [2.24, 2.45) is 0 Å². The summed E-state index contributed by atoms with van der Waals surface area (Å²) in [5.74, 6) is 0.530. The molecular formula is C24H24N6O3S. The molecule has 5 rings (SSSR count). The van der Waals surface area contributed by atoms with Crippen molar-refractivity contribution in [3.05, 3.63) is 79.7 Å². The first-order valence-electron chi connectivity index (χ1n) is 11.3. The molecular weight excluding hydrogens is 452 g/mol. The molecule has 4 heterocycles. The first-order chi connectivity index (χ1) is 16.5. The summed E-state index contributed by atoms with van der Waals surface area (Å²) < 4.78 is 5.34. The Balaban J connectivity index is 1.61. The van der Waals surface area contributed by atoms with Gasteiger partial charge in [0, 0.05) is 18.0 Å². The highest BCUT2D eigenvalue weighted by Crippen LogP contribution is 2.30. The SMILES string of the molecule is CCCCn1c(=O)[nH]c(=O)c2c1nc(Cn1cnc3cc(-c4ccccc4)sc3c1=O)n2CC. The van der Waals surface area contributed by atoms with Gasteiger partial charge in [0.05, 0.1) is 18.4 Å². The number of rotatable bonds is 7.